The maximum Gasteiger partial charge on any atom is 0.229 e. The van der Waals surface area contributed by atoms with E-state index < -0.39 is 0 Å². The van der Waals surface area contributed by atoms with E-state index in [0.29, 0.717) is 0 Å². The zero-order chi connectivity index (χ0) is 5.11. The molecule has 0 spiro atoms. The molecular formula is C5H7O2. The first-order valence-electron chi connectivity index (χ1n) is 2.43. The van der Waals surface area contributed by atoms with Crippen LogP contribution in [0.15, 0.2) is 0 Å². The van der Waals surface area contributed by atoms with Crippen molar-refractivity contribution >= 4 is 6.29 Å². The van der Waals surface area contributed by atoms with E-state index in [1.54, 1.807) is 6.29 Å². The minimum absolute atomic E-state index is 0.208. The topological polar surface area (TPSA) is 26.3 Å². The smallest absolute Gasteiger partial charge is 0.229 e. The van der Waals surface area contributed by atoms with E-state index in [1.807, 2.05) is 0 Å². The summed E-state index contributed by atoms with van der Waals surface area (Å²) in [5.74, 6) is 0. The molecule has 0 unspecified atom stereocenters. The Morgan fingerprint density at radius 2 is 2.57 bits per heavy atom. The first-order chi connectivity index (χ1) is 3.43. The predicted molar refractivity (Wildman–Crippen MR) is 24.7 cm³/mol. The van der Waals surface area contributed by atoms with E-state index in [0.717, 1.165) is 19.4 Å². The molecular weight excluding hydrogens is 92.1 g/mol. The summed E-state index contributed by atoms with van der Waals surface area (Å²) in [6.45, 7) is 0.736. The third-order valence-electron chi connectivity index (χ3n) is 1.06. The molecule has 0 bridgehead atoms. The third-order valence-corrected chi connectivity index (χ3v) is 1.06. The molecule has 0 aromatic rings. The minimum atomic E-state index is -0.208. The average Bonchev–Trinajstić information content (AvgIpc) is 2.14. The van der Waals surface area contributed by atoms with Gasteiger partial charge in [0.25, 0.3) is 0 Å². The molecule has 2 nitrogen and oxygen atoms in total. The molecule has 2 heteroatoms. The van der Waals surface area contributed by atoms with Gasteiger partial charge < -0.3 is 4.74 Å². The van der Waals surface area contributed by atoms with Crippen molar-refractivity contribution in [2.24, 2.45) is 0 Å². The van der Waals surface area contributed by atoms with Gasteiger partial charge in [0.2, 0.25) is 6.29 Å². The first kappa shape index (κ1) is 4.78. The standard InChI is InChI=1S/C5H7O2/c6-4-5-2-1-3-7-5/h5H,1-3H2/t5-/m1/s1. The molecule has 0 amide bonds. The van der Waals surface area contributed by atoms with Crippen LogP contribution in [-0.4, -0.2) is 19.0 Å². The summed E-state index contributed by atoms with van der Waals surface area (Å²) in [6, 6.07) is 0. The SMILES string of the molecule is O=[C][C@H]1CCCO1. The fourth-order valence-corrected chi connectivity index (χ4v) is 0.671. The van der Waals surface area contributed by atoms with Gasteiger partial charge >= 0.3 is 0 Å². The molecule has 1 rings (SSSR count). The van der Waals surface area contributed by atoms with E-state index in [9.17, 15) is 4.79 Å². The van der Waals surface area contributed by atoms with Crippen LogP contribution in [0.25, 0.3) is 0 Å². The van der Waals surface area contributed by atoms with E-state index in [-0.39, 0.29) is 6.10 Å². The van der Waals surface area contributed by atoms with Crippen molar-refractivity contribution < 1.29 is 9.53 Å². The fourth-order valence-electron chi connectivity index (χ4n) is 0.671. The lowest BCUT2D eigenvalue weighted by Gasteiger charge is -1.91. The molecule has 39 valence electrons. The second-order valence-electron chi connectivity index (χ2n) is 1.62. The average molecular weight is 99.1 g/mol. The van der Waals surface area contributed by atoms with Crippen LogP contribution in [0.3, 0.4) is 0 Å². The molecule has 1 heterocycles. The van der Waals surface area contributed by atoms with Gasteiger partial charge in [-0.25, -0.2) is 0 Å². The van der Waals surface area contributed by atoms with Crippen molar-refractivity contribution in [1.29, 1.82) is 0 Å². The minimum Gasteiger partial charge on any atom is -0.370 e. The first-order valence-corrected chi connectivity index (χ1v) is 2.43. The van der Waals surface area contributed by atoms with E-state index in [1.165, 1.54) is 0 Å². The van der Waals surface area contributed by atoms with Crippen LogP contribution < -0.4 is 0 Å². The van der Waals surface area contributed by atoms with Gasteiger partial charge in [0.05, 0.1) is 0 Å². The van der Waals surface area contributed by atoms with Gasteiger partial charge in [-0.05, 0) is 12.8 Å². The molecule has 0 N–H and O–H groups in total. The van der Waals surface area contributed by atoms with E-state index in [4.69, 9.17) is 4.74 Å². The lowest BCUT2D eigenvalue weighted by Crippen LogP contribution is -2.04. The number of carbonyl (C=O) groups excluding carboxylic acids is 1. The van der Waals surface area contributed by atoms with Crippen molar-refractivity contribution in [3.63, 3.8) is 0 Å². The Hall–Kier alpha value is -0.370. The second-order valence-corrected chi connectivity index (χ2v) is 1.62. The van der Waals surface area contributed by atoms with Gasteiger partial charge in [-0.1, -0.05) is 0 Å². The third kappa shape index (κ3) is 0.996. The number of ether oxygens (including phenoxy) is 1. The zero-order valence-corrected chi connectivity index (χ0v) is 4.02. The van der Waals surface area contributed by atoms with Crippen molar-refractivity contribution in [3.05, 3.63) is 0 Å². The van der Waals surface area contributed by atoms with Crippen LogP contribution in [0.2, 0.25) is 0 Å². The molecule has 7 heavy (non-hydrogen) atoms. The van der Waals surface area contributed by atoms with Crippen molar-refractivity contribution in [2.45, 2.75) is 18.9 Å². The normalized spacial score (nSPS) is 30.6. The highest BCUT2D eigenvalue weighted by Gasteiger charge is 2.13. The van der Waals surface area contributed by atoms with Gasteiger partial charge in [0, 0.05) is 6.61 Å². The number of hydrogen-bond acceptors (Lipinski definition) is 2. The maximum absolute atomic E-state index is 9.76. The molecule has 1 atom stereocenters. The second kappa shape index (κ2) is 2.07. The van der Waals surface area contributed by atoms with Gasteiger partial charge in [-0.2, -0.15) is 0 Å². The molecule has 1 saturated heterocycles. The van der Waals surface area contributed by atoms with Crippen molar-refractivity contribution in [1.82, 2.24) is 0 Å². The van der Waals surface area contributed by atoms with Crippen LogP contribution in [0, 0.1) is 0 Å². The van der Waals surface area contributed by atoms with Crippen LogP contribution >= 0.6 is 0 Å². The largest absolute Gasteiger partial charge is 0.370 e. The number of rotatable bonds is 1. The molecule has 0 aliphatic carbocycles. The molecule has 1 aliphatic rings. The summed E-state index contributed by atoms with van der Waals surface area (Å²) in [6.07, 6.45) is 3.46. The highest BCUT2D eigenvalue weighted by molar-refractivity contribution is 5.57. The Morgan fingerprint density at radius 3 is 2.86 bits per heavy atom. The van der Waals surface area contributed by atoms with Gasteiger partial charge in [0.15, 0.2) is 0 Å². The fraction of sp³-hybridized carbons (Fsp3) is 0.800. The van der Waals surface area contributed by atoms with Crippen LogP contribution in [-0.2, 0) is 9.53 Å². The van der Waals surface area contributed by atoms with E-state index in [2.05, 4.69) is 0 Å². The summed E-state index contributed by atoms with van der Waals surface area (Å²) in [7, 11) is 0. The Balaban J connectivity index is 2.26. The number of hydrogen-bond donors (Lipinski definition) is 0. The summed E-state index contributed by atoms with van der Waals surface area (Å²) < 4.78 is 4.88. The lowest BCUT2D eigenvalue weighted by molar-refractivity contribution is 0.155. The van der Waals surface area contributed by atoms with Gasteiger partial charge in [-0.3, -0.25) is 4.79 Å². The molecule has 1 aliphatic heterocycles. The Labute approximate surface area is 42.5 Å². The monoisotopic (exact) mass is 99.0 g/mol. The predicted octanol–water partition coefficient (Wildman–Crippen LogP) is 0.275. The van der Waals surface area contributed by atoms with Crippen molar-refractivity contribution in [3.8, 4) is 0 Å². The molecule has 1 radical (unpaired) electrons. The molecule has 1 fully saturated rings. The van der Waals surface area contributed by atoms with E-state index >= 15 is 0 Å². The van der Waals surface area contributed by atoms with Crippen LogP contribution in [0.4, 0.5) is 0 Å². The van der Waals surface area contributed by atoms with Crippen LogP contribution in [0.1, 0.15) is 12.8 Å². The summed E-state index contributed by atoms with van der Waals surface area (Å²) in [4.78, 5) is 9.76. The lowest BCUT2D eigenvalue weighted by atomic mass is 10.3. The Kier molecular flexibility index (Phi) is 1.42. The summed E-state index contributed by atoms with van der Waals surface area (Å²) in [5.41, 5.74) is 0. The Bertz CT molecular complexity index is 64.5. The molecule has 0 saturated carbocycles. The molecule has 0 aromatic carbocycles. The summed E-state index contributed by atoms with van der Waals surface area (Å²) in [5, 5.41) is 0. The van der Waals surface area contributed by atoms with Gasteiger partial charge in [0.1, 0.15) is 6.10 Å². The highest BCUT2D eigenvalue weighted by Crippen LogP contribution is 2.08. The summed E-state index contributed by atoms with van der Waals surface area (Å²) >= 11 is 0. The van der Waals surface area contributed by atoms with Crippen molar-refractivity contribution in [2.75, 3.05) is 6.61 Å². The maximum atomic E-state index is 9.76. The quantitative estimate of drug-likeness (QED) is 0.471. The van der Waals surface area contributed by atoms with Gasteiger partial charge in [-0.15, -0.1) is 0 Å². The zero-order valence-electron chi connectivity index (χ0n) is 4.02. The molecule has 0 aromatic heterocycles. The Morgan fingerprint density at radius 1 is 1.71 bits per heavy atom. The highest BCUT2D eigenvalue weighted by atomic mass is 16.5. The van der Waals surface area contributed by atoms with Crippen LogP contribution in [0.5, 0.6) is 0 Å².